The molecule has 0 saturated carbocycles. The second kappa shape index (κ2) is 23.9. The predicted octanol–water partition coefficient (Wildman–Crippen LogP) is 5.45. The van der Waals surface area contributed by atoms with E-state index >= 15 is 0 Å². The minimum absolute atomic E-state index is 0.0255. The molecule has 1 heterocycles. The summed E-state index contributed by atoms with van der Waals surface area (Å²) in [7, 11) is 4.17. The number of esters is 1. The Labute approximate surface area is 174 Å². The highest BCUT2D eigenvalue weighted by Gasteiger charge is 2.05. The van der Waals surface area contributed by atoms with Crippen LogP contribution in [0.1, 0.15) is 110 Å². The molecule has 1 rings (SSSR count). The highest BCUT2D eigenvalue weighted by atomic mass is 16.5. The van der Waals surface area contributed by atoms with Gasteiger partial charge in [0.2, 0.25) is 5.91 Å². The molecule has 1 aliphatic heterocycles. The van der Waals surface area contributed by atoms with Gasteiger partial charge in [0, 0.05) is 12.8 Å². The zero-order valence-electron chi connectivity index (χ0n) is 19.3. The number of cyclic esters (lactones) is 1. The summed E-state index contributed by atoms with van der Waals surface area (Å²) in [6.45, 7) is 6.27. The minimum Gasteiger partial charge on any atom is -0.466 e. The molecule has 0 spiro atoms. The van der Waals surface area contributed by atoms with E-state index in [1.54, 1.807) is 0 Å². The number of amides is 1. The van der Waals surface area contributed by atoms with Crippen LogP contribution in [-0.4, -0.2) is 44.0 Å². The number of primary amides is 1. The molecule has 28 heavy (non-hydrogen) atoms. The number of hydrogen-bond acceptors (Lipinski definition) is 4. The summed E-state index contributed by atoms with van der Waals surface area (Å²) in [4.78, 5) is 23.1. The molecular formula is C23H48N2O3. The Kier molecular flexibility index (Phi) is 24.9. The van der Waals surface area contributed by atoms with E-state index < -0.39 is 0 Å². The SMILES string of the molecule is CCCCCCCCCCCC(N)=O.CCCN(C)C.O=C1CCCCCO1. The third-order valence-corrected chi connectivity index (χ3v) is 4.49. The van der Waals surface area contributed by atoms with Gasteiger partial charge in [-0.25, -0.2) is 0 Å². The Morgan fingerprint density at radius 1 is 0.893 bits per heavy atom. The van der Waals surface area contributed by atoms with E-state index in [4.69, 9.17) is 10.5 Å². The molecule has 1 amide bonds. The number of carbonyl (C=O) groups is 2. The monoisotopic (exact) mass is 400 g/mol. The van der Waals surface area contributed by atoms with Crippen LogP contribution in [0.25, 0.3) is 0 Å². The van der Waals surface area contributed by atoms with Crippen LogP contribution in [0.15, 0.2) is 0 Å². The molecule has 2 N–H and O–H groups in total. The third-order valence-electron chi connectivity index (χ3n) is 4.49. The van der Waals surface area contributed by atoms with Crippen molar-refractivity contribution in [1.29, 1.82) is 0 Å². The summed E-state index contributed by atoms with van der Waals surface area (Å²) in [5.41, 5.74) is 5.05. The van der Waals surface area contributed by atoms with Gasteiger partial charge in [0.25, 0.3) is 0 Å². The first kappa shape index (κ1) is 29.1. The molecule has 5 heteroatoms. The molecule has 0 radical (unpaired) electrons. The molecule has 1 aliphatic rings. The highest BCUT2D eigenvalue weighted by Crippen LogP contribution is 2.10. The second-order valence-electron chi connectivity index (χ2n) is 7.88. The van der Waals surface area contributed by atoms with Crippen molar-refractivity contribution >= 4 is 11.9 Å². The second-order valence-corrected chi connectivity index (χ2v) is 7.88. The van der Waals surface area contributed by atoms with Gasteiger partial charge >= 0.3 is 5.97 Å². The van der Waals surface area contributed by atoms with Crippen LogP contribution in [0.5, 0.6) is 0 Å². The number of carbonyl (C=O) groups excluding carboxylic acids is 2. The average Bonchev–Trinajstić information content (AvgIpc) is 2.88. The van der Waals surface area contributed by atoms with E-state index in [9.17, 15) is 9.59 Å². The quantitative estimate of drug-likeness (QED) is 0.349. The normalized spacial score (nSPS) is 13.5. The van der Waals surface area contributed by atoms with Crippen molar-refractivity contribution in [2.75, 3.05) is 27.2 Å². The molecule has 1 fully saturated rings. The average molecular weight is 401 g/mol. The Morgan fingerprint density at radius 3 is 1.93 bits per heavy atom. The lowest BCUT2D eigenvalue weighted by Gasteiger charge is -2.03. The van der Waals surface area contributed by atoms with Crippen molar-refractivity contribution in [2.24, 2.45) is 5.73 Å². The Balaban J connectivity index is 0. The van der Waals surface area contributed by atoms with Crippen molar-refractivity contribution in [3.8, 4) is 0 Å². The molecule has 0 atom stereocenters. The van der Waals surface area contributed by atoms with E-state index in [2.05, 4.69) is 32.8 Å². The van der Waals surface area contributed by atoms with E-state index in [0.717, 1.165) is 32.1 Å². The van der Waals surface area contributed by atoms with Crippen LogP contribution in [0, 0.1) is 0 Å². The van der Waals surface area contributed by atoms with Crippen molar-refractivity contribution < 1.29 is 14.3 Å². The molecule has 0 bridgehead atoms. The lowest BCUT2D eigenvalue weighted by Crippen LogP contribution is -2.11. The summed E-state index contributed by atoms with van der Waals surface area (Å²) in [5.74, 6) is -0.185. The number of hydrogen-bond donors (Lipinski definition) is 1. The van der Waals surface area contributed by atoms with Crippen LogP contribution in [0.4, 0.5) is 0 Å². The van der Waals surface area contributed by atoms with E-state index in [0.29, 0.717) is 19.4 Å². The summed E-state index contributed by atoms with van der Waals surface area (Å²) >= 11 is 0. The maximum atomic E-state index is 10.5. The van der Waals surface area contributed by atoms with Gasteiger partial charge < -0.3 is 15.4 Å². The minimum atomic E-state index is -0.159. The largest absolute Gasteiger partial charge is 0.466 e. The highest BCUT2D eigenvalue weighted by molar-refractivity contribution is 5.73. The Morgan fingerprint density at radius 2 is 1.46 bits per heavy atom. The fraction of sp³-hybridized carbons (Fsp3) is 0.913. The molecule has 168 valence electrons. The number of ether oxygens (including phenoxy) is 1. The van der Waals surface area contributed by atoms with Gasteiger partial charge in [-0.15, -0.1) is 0 Å². The number of nitrogens with zero attached hydrogens (tertiary/aromatic N) is 1. The van der Waals surface area contributed by atoms with Crippen LogP contribution in [0.2, 0.25) is 0 Å². The molecule has 0 aromatic carbocycles. The summed E-state index contributed by atoms with van der Waals surface area (Å²) < 4.78 is 4.76. The maximum Gasteiger partial charge on any atom is 0.305 e. The van der Waals surface area contributed by atoms with Gasteiger partial charge in [-0.05, 0) is 52.7 Å². The van der Waals surface area contributed by atoms with Crippen LogP contribution in [-0.2, 0) is 14.3 Å². The van der Waals surface area contributed by atoms with Crippen molar-refractivity contribution in [2.45, 2.75) is 110 Å². The van der Waals surface area contributed by atoms with Crippen molar-refractivity contribution in [3.05, 3.63) is 0 Å². The summed E-state index contributed by atoms with van der Waals surface area (Å²) in [6.07, 6.45) is 17.2. The van der Waals surface area contributed by atoms with Crippen LogP contribution < -0.4 is 5.73 Å². The number of unbranched alkanes of at least 4 members (excludes halogenated alkanes) is 8. The number of nitrogens with two attached hydrogens (primary N) is 1. The standard InChI is InChI=1S/C12H25NO.C6H10O2.C5H13N/c1-2-3-4-5-6-7-8-9-10-11-12(13)14;7-6-4-2-1-3-5-8-6;1-4-5-6(2)3/h2-11H2,1H3,(H2,13,14);1-5H2;4-5H2,1-3H3. The Bertz CT molecular complexity index is 337. The first-order chi connectivity index (χ1) is 13.4. The van der Waals surface area contributed by atoms with Crippen LogP contribution in [0.3, 0.4) is 0 Å². The predicted molar refractivity (Wildman–Crippen MR) is 119 cm³/mol. The molecule has 5 nitrogen and oxygen atoms in total. The molecular weight excluding hydrogens is 352 g/mol. The zero-order chi connectivity index (χ0) is 21.5. The van der Waals surface area contributed by atoms with Gasteiger partial charge in [0.15, 0.2) is 0 Å². The van der Waals surface area contributed by atoms with Crippen molar-refractivity contribution in [3.63, 3.8) is 0 Å². The van der Waals surface area contributed by atoms with Gasteiger partial charge in [0.1, 0.15) is 0 Å². The van der Waals surface area contributed by atoms with E-state index in [1.165, 1.54) is 57.9 Å². The lowest BCUT2D eigenvalue weighted by atomic mass is 10.1. The lowest BCUT2D eigenvalue weighted by molar-refractivity contribution is -0.142. The maximum absolute atomic E-state index is 10.5. The molecule has 0 aromatic rings. The molecule has 0 unspecified atom stereocenters. The first-order valence-corrected chi connectivity index (χ1v) is 11.5. The van der Waals surface area contributed by atoms with Gasteiger partial charge in [-0.1, -0.05) is 65.2 Å². The van der Waals surface area contributed by atoms with Gasteiger partial charge in [-0.2, -0.15) is 0 Å². The fourth-order valence-corrected chi connectivity index (χ4v) is 2.86. The number of rotatable bonds is 12. The molecule has 1 saturated heterocycles. The summed E-state index contributed by atoms with van der Waals surface area (Å²) in [6, 6.07) is 0. The first-order valence-electron chi connectivity index (χ1n) is 11.5. The van der Waals surface area contributed by atoms with E-state index in [-0.39, 0.29) is 11.9 Å². The molecule has 0 aliphatic carbocycles. The molecule has 0 aromatic heterocycles. The van der Waals surface area contributed by atoms with E-state index in [1.807, 2.05) is 0 Å². The van der Waals surface area contributed by atoms with Gasteiger partial charge in [0.05, 0.1) is 6.61 Å². The third kappa shape index (κ3) is 29.7. The Hall–Kier alpha value is -1.10. The zero-order valence-corrected chi connectivity index (χ0v) is 19.3. The topological polar surface area (TPSA) is 72.6 Å². The smallest absolute Gasteiger partial charge is 0.305 e. The summed E-state index contributed by atoms with van der Waals surface area (Å²) in [5, 5.41) is 0. The van der Waals surface area contributed by atoms with Crippen molar-refractivity contribution in [1.82, 2.24) is 4.90 Å². The van der Waals surface area contributed by atoms with Gasteiger partial charge in [-0.3, -0.25) is 9.59 Å². The fourth-order valence-electron chi connectivity index (χ4n) is 2.86. The van der Waals surface area contributed by atoms with Crippen LogP contribution >= 0.6 is 0 Å².